The maximum absolute atomic E-state index is 14.0. The van der Waals surface area contributed by atoms with E-state index in [1.807, 2.05) is 0 Å². The Labute approximate surface area is 236 Å². The van der Waals surface area contributed by atoms with E-state index in [0.29, 0.717) is 40.1 Å². The van der Waals surface area contributed by atoms with Gasteiger partial charge < -0.3 is 10.0 Å². The number of aliphatic hydroxyl groups is 1. The topological polar surface area (TPSA) is 125 Å². The number of nitrogens with zero attached hydrogens (tertiary/aromatic N) is 2. The molecule has 3 amide bonds. The number of halogens is 1. The summed E-state index contributed by atoms with van der Waals surface area (Å²) >= 11 is 6.17. The SMILES string of the molecule is O=NC(=O)c1ccc(CONC(=O)[C@@H]2c3ccccc3C(=O)N([C@H]3CCCC[C@@H]3O)[C@H]2c2ccc(Cl)cc2)cc1. The minimum absolute atomic E-state index is 0.00130. The predicted octanol–water partition coefficient (Wildman–Crippen LogP) is 5.08. The molecular formula is C30H28ClN3O6. The first kappa shape index (κ1) is 27.6. The molecule has 10 heteroatoms. The molecule has 1 fully saturated rings. The van der Waals surface area contributed by atoms with Crippen molar-refractivity contribution < 1.29 is 24.3 Å². The van der Waals surface area contributed by atoms with Crippen molar-refractivity contribution in [2.24, 2.45) is 5.18 Å². The van der Waals surface area contributed by atoms with Crippen LogP contribution in [-0.2, 0) is 16.2 Å². The van der Waals surface area contributed by atoms with Gasteiger partial charge in [0.05, 0.1) is 30.7 Å². The van der Waals surface area contributed by atoms with Gasteiger partial charge in [-0.05, 0) is 59.9 Å². The maximum Gasteiger partial charge on any atom is 0.316 e. The molecule has 1 aliphatic heterocycles. The number of amides is 3. The molecule has 1 aliphatic carbocycles. The Balaban J connectivity index is 1.46. The van der Waals surface area contributed by atoms with E-state index in [2.05, 4.69) is 10.7 Å². The lowest BCUT2D eigenvalue weighted by Crippen LogP contribution is -2.55. The van der Waals surface area contributed by atoms with Crippen LogP contribution in [0.15, 0.2) is 78.0 Å². The minimum Gasteiger partial charge on any atom is -0.391 e. The largest absolute Gasteiger partial charge is 0.391 e. The first-order chi connectivity index (χ1) is 19.4. The molecule has 4 atom stereocenters. The van der Waals surface area contributed by atoms with Crippen molar-refractivity contribution in [3.8, 4) is 0 Å². The van der Waals surface area contributed by atoms with Gasteiger partial charge in [-0.15, -0.1) is 4.91 Å². The second-order valence-electron chi connectivity index (χ2n) is 10.0. The van der Waals surface area contributed by atoms with Crippen LogP contribution in [0.2, 0.25) is 5.02 Å². The summed E-state index contributed by atoms with van der Waals surface area (Å²) in [5, 5.41) is 13.9. The average Bonchev–Trinajstić information content (AvgIpc) is 2.98. The van der Waals surface area contributed by atoms with Crippen LogP contribution >= 0.6 is 11.6 Å². The van der Waals surface area contributed by atoms with Gasteiger partial charge >= 0.3 is 5.91 Å². The molecular weight excluding hydrogens is 534 g/mol. The number of carbonyl (C=O) groups is 3. The lowest BCUT2D eigenvalue weighted by molar-refractivity contribution is -0.138. The lowest BCUT2D eigenvalue weighted by atomic mass is 9.77. The van der Waals surface area contributed by atoms with Crippen LogP contribution in [-0.4, -0.2) is 39.9 Å². The number of aliphatic hydroxyl groups excluding tert-OH is 1. The zero-order chi connectivity index (χ0) is 28.2. The van der Waals surface area contributed by atoms with Crippen molar-refractivity contribution in [3.05, 3.63) is 111 Å². The van der Waals surface area contributed by atoms with Crippen molar-refractivity contribution in [2.75, 3.05) is 0 Å². The smallest absolute Gasteiger partial charge is 0.316 e. The van der Waals surface area contributed by atoms with Crippen molar-refractivity contribution in [1.82, 2.24) is 10.4 Å². The fraction of sp³-hybridized carbons (Fsp3) is 0.300. The van der Waals surface area contributed by atoms with E-state index in [4.69, 9.17) is 16.4 Å². The zero-order valence-electron chi connectivity index (χ0n) is 21.5. The summed E-state index contributed by atoms with van der Waals surface area (Å²) in [5.74, 6) is -2.38. The van der Waals surface area contributed by atoms with Gasteiger partial charge in [-0.25, -0.2) is 5.48 Å². The molecule has 0 radical (unpaired) electrons. The molecule has 0 aromatic heterocycles. The molecule has 3 aromatic carbocycles. The molecule has 0 unspecified atom stereocenters. The van der Waals surface area contributed by atoms with Crippen LogP contribution in [0.25, 0.3) is 0 Å². The van der Waals surface area contributed by atoms with Crippen molar-refractivity contribution in [2.45, 2.75) is 56.4 Å². The highest BCUT2D eigenvalue weighted by Crippen LogP contribution is 2.46. The van der Waals surface area contributed by atoms with Crippen molar-refractivity contribution in [3.63, 3.8) is 0 Å². The van der Waals surface area contributed by atoms with Crippen LogP contribution in [0.3, 0.4) is 0 Å². The highest BCUT2D eigenvalue weighted by Gasteiger charge is 2.48. The molecule has 1 saturated carbocycles. The highest BCUT2D eigenvalue weighted by atomic mass is 35.5. The quantitative estimate of drug-likeness (QED) is 0.306. The second kappa shape index (κ2) is 12.1. The molecule has 1 heterocycles. The average molecular weight is 562 g/mol. The number of nitrogens with one attached hydrogen (secondary N) is 1. The normalized spacial score (nSPS) is 22.4. The van der Waals surface area contributed by atoms with E-state index in [1.54, 1.807) is 65.6 Å². The van der Waals surface area contributed by atoms with E-state index in [1.165, 1.54) is 12.1 Å². The van der Waals surface area contributed by atoms with E-state index in [0.717, 1.165) is 12.8 Å². The van der Waals surface area contributed by atoms with Gasteiger partial charge in [0, 0.05) is 21.3 Å². The fourth-order valence-electron chi connectivity index (χ4n) is 5.68. The number of nitroso groups, excluding NO2 is 1. The van der Waals surface area contributed by atoms with E-state index in [-0.39, 0.29) is 18.1 Å². The molecule has 206 valence electrons. The van der Waals surface area contributed by atoms with Crippen LogP contribution in [0.4, 0.5) is 0 Å². The molecule has 40 heavy (non-hydrogen) atoms. The Morgan fingerprint density at radius 3 is 2.40 bits per heavy atom. The van der Waals surface area contributed by atoms with E-state index >= 15 is 0 Å². The van der Waals surface area contributed by atoms with Gasteiger partial charge in [-0.1, -0.05) is 66.9 Å². The molecule has 0 bridgehead atoms. The van der Waals surface area contributed by atoms with Crippen LogP contribution in [0.1, 0.15) is 75.0 Å². The standard InChI is InChI=1S/C30H28ClN3O6/c31-21-15-13-19(14-16-21)27-26(29(37)33-40-17-18-9-11-20(12-10-18)28(36)32-39)22-5-1-2-6-23(22)30(38)34(27)24-7-3-4-8-25(24)35/h1-2,5-6,9-16,24-27,35H,3-4,7-8,17H2,(H,33,37)/t24-,25-,26+,27-/m0/s1. The highest BCUT2D eigenvalue weighted by molar-refractivity contribution is 6.30. The number of benzene rings is 3. The van der Waals surface area contributed by atoms with Crippen molar-refractivity contribution >= 4 is 29.3 Å². The number of fused-ring (bicyclic) bond motifs is 1. The van der Waals surface area contributed by atoms with Gasteiger partial charge in [0.25, 0.3) is 11.8 Å². The molecule has 0 spiro atoms. The first-order valence-electron chi connectivity index (χ1n) is 13.1. The number of hydroxylamine groups is 1. The monoisotopic (exact) mass is 561 g/mol. The molecule has 5 rings (SSSR count). The summed E-state index contributed by atoms with van der Waals surface area (Å²) in [4.78, 5) is 56.9. The third-order valence-corrected chi connectivity index (χ3v) is 7.87. The third kappa shape index (κ3) is 5.54. The Morgan fingerprint density at radius 1 is 1.00 bits per heavy atom. The molecule has 2 N–H and O–H groups in total. The number of hydrogen-bond donors (Lipinski definition) is 2. The molecule has 2 aliphatic rings. The minimum atomic E-state index is -0.868. The number of carbonyl (C=O) groups excluding carboxylic acids is 3. The van der Waals surface area contributed by atoms with Crippen LogP contribution in [0.5, 0.6) is 0 Å². The summed E-state index contributed by atoms with van der Waals surface area (Å²) in [6.07, 6.45) is 2.24. The Bertz CT molecular complexity index is 1410. The summed E-state index contributed by atoms with van der Waals surface area (Å²) in [7, 11) is 0. The van der Waals surface area contributed by atoms with Gasteiger partial charge in [-0.3, -0.25) is 19.2 Å². The van der Waals surface area contributed by atoms with E-state index in [9.17, 15) is 24.4 Å². The summed E-state index contributed by atoms with van der Waals surface area (Å²) in [6.45, 7) is -0.00130. The fourth-order valence-corrected chi connectivity index (χ4v) is 5.81. The van der Waals surface area contributed by atoms with Crippen LogP contribution in [0, 0.1) is 4.91 Å². The van der Waals surface area contributed by atoms with Crippen molar-refractivity contribution in [1.29, 1.82) is 0 Å². The lowest BCUT2D eigenvalue weighted by Gasteiger charge is -2.48. The molecule has 3 aromatic rings. The maximum atomic E-state index is 14.0. The summed E-state index contributed by atoms with van der Waals surface area (Å²) < 4.78 is 0. The van der Waals surface area contributed by atoms with E-state index < -0.39 is 35.9 Å². The van der Waals surface area contributed by atoms with Crippen LogP contribution < -0.4 is 5.48 Å². The van der Waals surface area contributed by atoms with Gasteiger partial charge in [0.2, 0.25) is 0 Å². The van der Waals surface area contributed by atoms with Gasteiger partial charge in [0.1, 0.15) is 0 Å². The molecule has 0 saturated heterocycles. The number of hydrogen-bond acceptors (Lipinski definition) is 6. The Hall–Kier alpha value is -3.92. The predicted molar refractivity (Wildman–Crippen MR) is 147 cm³/mol. The van der Waals surface area contributed by atoms with Gasteiger partial charge in [-0.2, -0.15) is 0 Å². The number of rotatable bonds is 7. The Morgan fingerprint density at radius 2 is 1.70 bits per heavy atom. The zero-order valence-corrected chi connectivity index (χ0v) is 22.3. The molecule has 9 nitrogen and oxygen atoms in total. The first-order valence-corrected chi connectivity index (χ1v) is 13.5. The Kier molecular flexibility index (Phi) is 8.35. The summed E-state index contributed by atoms with van der Waals surface area (Å²) in [5.41, 5.74) is 5.06. The summed E-state index contributed by atoms with van der Waals surface area (Å²) in [6, 6.07) is 19.0. The third-order valence-electron chi connectivity index (χ3n) is 7.62. The second-order valence-corrected chi connectivity index (χ2v) is 10.5. The van der Waals surface area contributed by atoms with Gasteiger partial charge in [0.15, 0.2) is 0 Å².